The first-order valence-electron chi connectivity index (χ1n) is 11.7. The monoisotopic (exact) mass is 538 g/mol. The number of carbonyl (C=O) groups excluding carboxylic acids is 1. The Balaban J connectivity index is 1.49. The molecule has 0 fully saturated rings. The van der Waals surface area contributed by atoms with Crippen molar-refractivity contribution in [2.24, 2.45) is 0 Å². The van der Waals surface area contributed by atoms with Crippen LogP contribution in [0, 0.1) is 11.3 Å². The molecule has 0 radical (unpaired) electrons. The highest BCUT2D eigenvalue weighted by Gasteiger charge is 2.32. The zero-order valence-electron chi connectivity index (χ0n) is 20.3. The molecule has 2 atom stereocenters. The lowest BCUT2D eigenvalue weighted by Gasteiger charge is -2.33. The SMILES string of the molecule is C[C@@H]1Cc2nn3cnn([C@H](C)c4ccc(OC(F)F)cc4)c(=O)c3c2CN1C(=O)c1ccc(Cl)c(C#N)c1. The van der Waals surface area contributed by atoms with Crippen LogP contribution in [0.25, 0.3) is 5.52 Å². The predicted molar refractivity (Wildman–Crippen MR) is 133 cm³/mol. The number of nitrogens with zero attached hydrogens (tertiary/aromatic N) is 6. The van der Waals surface area contributed by atoms with Crippen LogP contribution in [0.15, 0.2) is 53.6 Å². The van der Waals surface area contributed by atoms with Gasteiger partial charge in [-0.25, -0.2) is 9.20 Å². The number of nitriles is 1. The van der Waals surface area contributed by atoms with Crippen molar-refractivity contribution >= 4 is 23.0 Å². The van der Waals surface area contributed by atoms with Gasteiger partial charge in [0.1, 0.15) is 23.7 Å². The molecule has 0 saturated carbocycles. The van der Waals surface area contributed by atoms with Crippen molar-refractivity contribution in [3.05, 3.63) is 92.1 Å². The molecule has 1 aliphatic rings. The van der Waals surface area contributed by atoms with Crippen molar-refractivity contribution < 1.29 is 18.3 Å². The van der Waals surface area contributed by atoms with Crippen LogP contribution in [0.3, 0.4) is 0 Å². The van der Waals surface area contributed by atoms with Gasteiger partial charge >= 0.3 is 6.61 Å². The summed E-state index contributed by atoms with van der Waals surface area (Å²) in [7, 11) is 0. The number of amides is 1. The van der Waals surface area contributed by atoms with E-state index in [2.05, 4.69) is 14.9 Å². The van der Waals surface area contributed by atoms with Crippen LogP contribution in [-0.2, 0) is 13.0 Å². The first-order valence-corrected chi connectivity index (χ1v) is 12.1. The maximum Gasteiger partial charge on any atom is 0.387 e. The van der Waals surface area contributed by atoms with Gasteiger partial charge in [-0.3, -0.25) is 9.59 Å². The molecule has 2 aromatic heterocycles. The molecule has 1 amide bonds. The minimum atomic E-state index is -2.93. The normalized spacial score (nSPS) is 15.8. The molecule has 0 N–H and O–H groups in total. The fourth-order valence-corrected chi connectivity index (χ4v) is 4.82. The first kappa shape index (κ1) is 25.4. The minimum absolute atomic E-state index is 0.0121. The van der Waals surface area contributed by atoms with Crippen LogP contribution < -0.4 is 10.3 Å². The summed E-state index contributed by atoms with van der Waals surface area (Å²) in [5.41, 5.74) is 2.42. The third-order valence-electron chi connectivity index (χ3n) is 6.69. The van der Waals surface area contributed by atoms with Gasteiger partial charge in [-0.15, -0.1) is 0 Å². The molecule has 0 bridgehead atoms. The van der Waals surface area contributed by atoms with Gasteiger partial charge in [-0.1, -0.05) is 23.7 Å². The summed E-state index contributed by atoms with van der Waals surface area (Å²) in [5.74, 6) is -0.275. The second-order valence-corrected chi connectivity index (χ2v) is 9.42. The molecule has 3 heterocycles. The number of rotatable bonds is 5. The maximum atomic E-state index is 13.6. The quantitative estimate of drug-likeness (QED) is 0.377. The van der Waals surface area contributed by atoms with E-state index in [1.54, 1.807) is 30.0 Å². The van der Waals surface area contributed by atoms with Crippen molar-refractivity contribution in [1.29, 1.82) is 5.26 Å². The smallest absolute Gasteiger partial charge is 0.387 e. The minimum Gasteiger partial charge on any atom is -0.435 e. The average molecular weight is 539 g/mol. The lowest BCUT2D eigenvalue weighted by Crippen LogP contribution is -2.42. The number of hydrogen-bond donors (Lipinski definition) is 0. The van der Waals surface area contributed by atoms with Gasteiger partial charge < -0.3 is 9.64 Å². The van der Waals surface area contributed by atoms with Gasteiger partial charge in [-0.05, 0) is 49.7 Å². The largest absolute Gasteiger partial charge is 0.435 e. The van der Waals surface area contributed by atoms with Gasteiger partial charge in [0, 0.05) is 23.6 Å². The van der Waals surface area contributed by atoms with E-state index in [1.165, 1.54) is 39.8 Å². The number of fused-ring (bicyclic) bond motifs is 3. The van der Waals surface area contributed by atoms with Crippen LogP contribution in [0.4, 0.5) is 8.78 Å². The number of alkyl halides is 2. The van der Waals surface area contributed by atoms with Crippen LogP contribution in [0.1, 0.15) is 52.6 Å². The van der Waals surface area contributed by atoms with Crippen LogP contribution in [0.2, 0.25) is 5.02 Å². The van der Waals surface area contributed by atoms with Crippen molar-refractivity contribution in [2.45, 2.75) is 45.5 Å². The van der Waals surface area contributed by atoms with Crippen LogP contribution >= 0.6 is 11.6 Å². The molecule has 194 valence electrons. The summed E-state index contributed by atoms with van der Waals surface area (Å²) in [6.45, 7) is 0.880. The number of aromatic nitrogens is 4. The Morgan fingerprint density at radius 3 is 2.66 bits per heavy atom. The molecule has 1 aliphatic heterocycles. The lowest BCUT2D eigenvalue weighted by molar-refractivity contribution is -0.0498. The second-order valence-electron chi connectivity index (χ2n) is 9.02. The Hall–Kier alpha value is -4.30. The Labute approximate surface area is 220 Å². The van der Waals surface area contributed by atoms with Crippen LogP contribution in [-0.4, -0.2) is 42.9 Å². The molecule has 12 heteroatoms. The summed E-state index contributed by atoms with van der Waals surface area (Å²) in [6.07, 6.45) is 1.87. The lowest BCUT2D eigenvalue weighted by atomic mass is 9.99. The van der Waals surface area contributed by atoms with Crippen molar-refractivity contribution in [3.63, 3.8) is 0 Å². The number of halogens is 3. The van der Waals surface area contributed by atoms with E-state index in [4.69, 9.17) is 11.6 Å². The van der Waals surface area contributed by atoms with Gasteiger partial charge in [-0.2, -0.15) is 24.2 Å². The molecule has 2 aromatic carbocycles. The van der Waals surface area contributed by atoms with Gasteiger partial charge in [0.15, 0.2) is 0 Å². The van der Waals surface area contributed by atoms with E-state index in [0.29, 0.717) is 34.3 Å². The molecule has 5 rings (SSSR count). The van der Waals surface area contributed by atoms with E-state index in [1.807, 2.05) is 13.0 Å². The van der Waals surface area contributed by atoms with Crippen LogP contribution in [0.5, 0.6) is 5.75 Å². The van der Waals surface area contributed by atoms with E-state index < -0.39 is 18.2 Å². The van der Waals surface area contributed by atoms with Crippen molar-refractivity contribution in [2.75, 3.05) is 0 Å². The molecule has 0 spiro atoms. The summed E-state index contributed by atoms with van der Waals surface area (Å²) < 4.78 is 32.1. The standard InChI is InChI=1S/C26H21ClF2N6O3/c1-14-9-22-20(12-33(14)24(36)17-5-8-21(27)18(10-17)11-30)23-25(37)35(31-13-34(23)32-22)15(2)16-3-6-19(7-4-16)38-26(28)29/h3-8,10,13-15,26H,9,12H2,1-2H3/t14-,15-/m1/s1. The van der Waals surface area contributed by atoms with Gasteiger partial charge in [0.05, 0.1) is 28.9 Å². The zero-order valence-corrected chi connectivity index (χ0v) is 21.1. The molecule has 0 saturated heterocycles. The Kier molecular flexibility index (Phi) is 6.59. The van der Waals surface area contributed by atoms with Crippen molar-refractivity contribution in [1.82, 2.24) is 24.3 Å². The van der Waals surface area contributed by atoms with E-state index in [0.717, 1.165) is 0 Å². The second kappa shape index (κ2) is 9.87. The fraction of sp³-hybridized carbons (Fsp3) is 0.269. The zero-order chi connectivity index (χ0) is 27.1. The Bertz CT molecular complexity index is 1640. The summed E-state index contributed by atoms with van der Waals surface area (Å²) in [6, 6.07) is 11.8. The first-order chi connectivity index (χ1) is 18.2. The topological polar surface area (TPSA) is 106 Å². The Morgan fingerprint density at radius 1 is 1.24 bits per heavy atom. The molecule has 0 aliphatic carbocycles. The maximum absolute atomic E-state index is 13.6. The third-order valence-corrected chi connectivity index (χ3v) is 7.02. The summed E-state index contributed by atoms with van der Waals surface area (Å²) in [4.78, 5) is 28.6. The summed E-state index contributed by atoms with van der Waals surface area (Å²) >= 11 is 6.02. The van der Waals surface area contributed by atoms with E-state index in [-0.39, 0.29) is 34.8 Å². The number of ether oxygens (including phenoxy) is 1. The van der Waals surface area contributed by atoms with Gasteiger partial charge in [0.2, 0.25) is 0 Å². The van der Waals surface area contributed by atoms with E-state index >= 15 is 0 Å². The Morgan fingerprint density at radius 2 is 1.97 bits per heavy atom. The highest BCUT2D eigenvalue weighted by molar-refractivity contribution is 6.31. The average Bonchev–Trinajstić information content (AvgIpc) is 3.26. The molecular formula is C26H21ClF2N6O3. The molecule has 9 nitrogen and oxygen atoms in total. The molecule has 4 aromatic rings. The fourth-order valence-electron chi connectivity index (χ4n) is 4.66. The highest BCUT2D eigenvalue weighted by Crippen LogP contribution is 2.28. The molecule has 38 heavy (non-hydrogen) atoms. The third kappa shape index (κ3) is 4.48. The molecule has 0 unspecified atom stereocenters. The number of benzene rings is 2. The molecular weight excluding hydrogens is 518 g/mol. The number of hydrogen-bond acceptors (Lipinski definition) is 6. The van der Waals surface area contributed by atoms with Crippen molar-refractivity contribution in [3.8, 4) is 11.8 Å². The summed E-state index contributed by atoms with van der Waals surface area (Å²) in [5, 5.41) is 18.4. The van der Waals surface area contributed by atoms with E-state index in [9.17, 15) is 23.6 Å². The van der Waals surface area contributed by atoms with Gasteiger partial charge in [0.25, 0.3) is 11.5 Å². The number of carbonyl (C=O) groups is 1. The predicted octanol–water partition coefficient (Wildman–Crippen LogP) is 4.21. The highest BCUT2D eigenvalue weighted by atomic mass is 35.5.